The fraction of sp³-hybridized carbons (Fsp3) is 0.588. The molecule has 1 N–H and O–H groups in total. The number of amides is 1. The number of sulfonamides is 1. The molecule has 0 radical (unpaired) electrons. The third kappa shape index (κ3) is 5.13. The molecule has 0 aliphatic rings. The van der Waals surface area contributed by atoms with Gasteiger partial charge >= 0.3 is 0 Å². The van der Waals surface area contributed by atoms with E-state index < -0.39 is 15.9 Å². The standard InChI is InChI=1S/C17H27NO3S/c1-6-7-8-9-16(19)18-22(20,21)15-12-14(17(3,4)5)11-10-13(15)2/h10-12H,6-9H2,1-5H3,(H,18,19). The number of unbranched alkanes of at least 4 members (excludes halogenated alkanes) is 2. The van der Waals surface area contributed by atoms with Crippen LogP contribution >= 0.6 is 0 Å². The van der Waals surface area contributed by atoms with Crippen LogP contribution in [-0.2, 0) is 20.2 Å². The lowest BCUT2D eigenvalue weighted by Gasteiger charge is -2.20. The van der Waals surface area contributed by atoms with Crippen molar-refractivity contribution >= 4 is 15.9 Å². The van der Waals surface area contributed by atoms with Crippen molar-refractivity contribution in [3.05, 3.63) is 29.3 Å². The molecule has 0 atom stereocenters. The lowest BCUT2D eigenvalue weighted by molar-refractivity contribution is -0.119. The fourth-order valence-electron chi connectivity index (χ4n) is 2.15. The molecule has 0 saturated carbocycles. The van der Waals surface area contributed by atoms with Crippen molar-refractivity contribution in [3.8, 4) is 0 Å². The molecule has 0 heterocycles. The van der Waals surface area contributed by atoms with Crippen LogP contribution in [0.3, 0.4) is 0 Å². The normalized spacial score (nSPS) is 12.2. The molecule has 4 nitrogen and oxygen atoms in total. The highest BCUT2D eigenvalue weighted by Gasteiger charge is 2.22. The fourth-order valence-corrected chi connectivity index (χ4v) is 3.43. The van der Waals surface area contributed by atoms with Crippen molar-refractivity contribution in [1.82, 2.24) is 4.72 Å². The van der Waals surface area contributed by atoms with Gasteiger partial charge in [-0.1, -0.05) is 52.7 Å². The summed E-state index contributed by atoms with van der Waals surface area (Å²) in [5.74, 6) is -0.436. The van der Waals surface area contributed by atoms with Gasteiger partial charge in [-0.25, -0.2) is 13.1 Å². The van der Waals surface area contributed by atoms with Crippen LogP contribution in [0.1, 0.15) is 64.5 Å². The van der Waals surface area contributed by atoms with E-state index in [2.05, 4.69) is 4.72 Å². The maximum atomic E-state index is 12.4. The average molecular weight is 325 g/mol. The number of nitrogens with one attached hydrogen (secondary N) is 1. The minimum absolute atomic E-state index is 0.150. The molecular formula is C17H27NO3S. The first kappa shape index (κ1) is 18.7. The second kappa shape index (κ2) is 7.27. The van der Waals surface area contributed by atoms with Crippen molar-refractivity contribution in [1.29, 1.82) is 0 Å². The van der Waals surface area contributed by atoms with Gasteiger partial charge in [-0.2, -0.15) is 0 Å². The summed E-state index contributed by atoms with van der Waals surface area (Å²) < 4.78 is 27.1. The smallest absolute Gasteiger partial charge is 0.264 e. The number of carbonyl (C=O) groups is 1. The molecule has 1 aromatic carbocycles. The van der Waals surface area contributed by atoms with E-state index in [4.69, 9.17) is 0 Å². The first-order chi connectivity index (χ1) is 10.1. The molecule has 124 valence electrons. The summed E-state index contributed by atoms with van der Waals surface area (Å²) in [6, 6.07) is 5.38. The third-order valence-corrected chi connectivity index (χ3v) is 5.11. The highest BCUT2D eigenvalue weighted by molar-refractivity contribution is 7.90. The molecule has 0 unspecified atom stereocenters. The van der Waals surface area contributed by atoms with Crippen LogP contribution < -0.4 is 4.72 Å². The monoisotopic (exact) mass is 325 g/mol. The SMILES string of the molecule is CCCCCC(=O)NS(=O)(=O)c1cc(C(C)(C)C)ccc1C. The second-order valence-electron chi connectivity index (χ2n) is 6.72. The predicted octanol–water partition coefficient (Wildman–Crippen LogP) is 3.68. The Morgan fingerprint density at radius 2 is 1.82 bits per heavy atom. The van der Waals surface area contributed by atoms with Crippen LogP contribution in [0, 0.1) is 6.92 Å². The number of aryl methyl sites for hydroxylation is 1. The Hall–Kier alpha value is -1.36. The van der Waals surface area contributed by atoms with E-state index in [1.807, 2.05) is 33.8 Å². The van der Waals surface area contributed by atoms with Gasteiger partial charge in [0.1, 0.15) is 0 Å². The summed E-state index contributed by atoms with van der Waals surface area (Å²) in [4.78, 5) is 12.0. The maximum absolute atomic E-state index is 12.4. The summed E-state index contributed by atoms with van der Waals surface area (Å²) in [5.41, 5.74) is 1.42. The Kier molecular flexibility index (Phi) is 6.17. The average Bonchev–Trinajstić information content (AvgIpc) is 2.37. The van der Waals surface area contributed by atoms with Gasteiger partial charge in [0.25, 0.3) is 10.0 Å². The molecule has 0 aromatic heterocycles. The molecule has 0 fully saturated rings. The Morgan fingerprint density at radius 3 is 2.36 bits per heavy atom. The Morgan fingerprint density at radius 1 is 1.18 bits per heavy atom. The molecule has 0 saturated heterocycles. The number of hydrogen-bond acceptors (Lipinski definition) is 3. The van der Waals surface area contributed by atoms with Crippen LogP contribution in [0.25, 0.3) is 0 Å². The molecule has 0 bridgehead atoms. The molecule has 0 aliphatic carbocycles. The molecule has 22 heavy (non-hydrogen) atoms. The molecule has 1 amide bonds. The number of rotatable bonds is 6. The summed E-state index contributed by atoms with van der Waals surface area (Å²) in [6.07, 6.45) is 2.86. The Labute approximate surface area is 134 Å². The van der Waals surface area contributed by atoms with Gasteiger partial charge in [-0.15, -0.1) is 0 Å². The largest absolute Gasteiger partial charge is 0.274 e. The van der Waals surface area contributed by atoms with Crippen LogP contribution in [-0.4, -0.2) is 14.3 Å². The van der Waals surface area contributed by atoms with E-state index in [1.54, 1.807) is 19.1 Å². The van der Waals surface area contributed by atoms with Crippen molar-refractivity contribution in [3.63, 3.8) is 0 Å². The molecule has 0 aliphatic heterocycles. The molecule has 1 aromatic rings. The maximum Gasteiger partial charge on any atom is 0.264 e. The van der Waals surface area contributed by atoms with E-state index >= 15 is 0 Å². The first-order valence-corrected chi connectivity index (χ1v) is 9.23. The van der Waals surface area contributed by atoms with Gasteiger partial charge in [0.05, 0.1) is 4.90 Å². The number of hydrogen-bond donors (Lipinski definition) is 1. The summed E-state index contributed by atoms with van der Waals surface area (Å²) in [6.45, 7) is 9.85. The van der Waals surface area contributed by atoms with Crippen LogP contribution in [0.15, 0.2) is 23.1 Å². The minimum atomic E-state index is -3.81. The zero-order valence-electron chi connectivity index (χ0n) is 14.2. The van der Waals surface area contributed by atoms with E-state index in [-0.39, 0.29) is 16.7 Å². The Balaban J connectivity index is 3.00. The Bertz CT molecular complexity index is 628. The van der Waals surface area contributed by atoms with Crippen LogP contribution in [0.2, 0.25) is 0 Å². The van der Waals surface area contributed by atoms with Crippen molar-refractivity contribution in [2.75, 3.05) is 0 Å². The first-order valence-electron chi connectivity index (χ1n) is 7.74. The van der Waals surface area contributed by atoms with Crippen LogP contribution in [0.5, 0.6) is 0 Å². The van der Waals surface area contributed by atoms with Crippen molar-refractivity contribution < 1.29 is 13.2 Å². The van der Waals surface area contributed by atoms with Crippen molar-refractivity contribution in [2.24, 2.45) is 0 Å². The number of benzene rings is 1. The molecule has 5 heteroatoms. The predicted molar refractivity (Wildman–Crippen MR) is 89.3 cm³/mol. The zero-order chi connectivity index (χ0) is 17.0. The highest BCUT2D eigenvalue weighted by atomic mass is 32.2. The van der Waals surface area contributed by atoms with E-state index in [0.29, 0.717) is 12.0 Å². The molecular weight excluding hydrogens is 298 g/mol. The van der Waals surface area contributed by atoms with Gasteiger partial charge in [-0.3, -0.25) is 4.79 Å². The van der Waals surface area contributed by atoms with Gasteiger partial charge in [-0.05, 0) is 36.0 Å². The summed E-state index contributed by atoms with van der Waals surface area (Å²) >= 11 is 0. The lowest BCUT2D eigenvalue weighted by atomic mass is 9.87. The van der Waals surface area contributed by atoms with E-state index in [0.717, 1.165) is 18.4 Å². The quantitative estimate of drug-likeness (QED) is 0.812. The third-order valence-electron chi connectivity index (χ3n) is 3.60. The second-order valence-corrected chi connectivity index (χ2v) is 8.37. The molecule has 0 spiro atoms. The minimum Gasteiger partial charge on any atom is -0.274 e. The zero-order valence-corrected chi connectivity index (χ0v) is 15.0. The van der Waals surface area contributed by atoms with Gasteiger partial charge in [0.2, 0.25) is 5.91 Å². The van der Waals surface area contributed by atoms with Crippen molar-refractivity contribution in [2.45, 2.75) is 70.6 Å². The van der Waals surface area contributed by atoms with Gasteiger partial charge in [0, 0.05) is 6.42 Å². The summed E-state index contributed by atoms with van der Waals surface area (Å²) in [7, 11) is -3.81. The van der Waals surface area contributed by atoms with Gasteiger partial charge in [0.15, 0.2) is 0 Å². The van der Waals surface area contributed by atoms with E-state index in [9.17, 15) is 13.2 Å². The molecule has 1 rings (SSSR count). The summed E-state index contributed by atoms with van der Waals surface area (Å²) in [5, 5.41) is 0. The lowest BCUT2D eigenvalue weighted by Crippen LogP contribution is -2.31. The topological polar surface area (TPSA) is 63.2 Å². The van der Waals surface area contributed by atoms with Crippen LogP contribution in [0.4, 0.5) is 0 Å². The van der Waals surface area contributed by atoms with E-state index in [1.165, 1.54) is 0 Å². The number of carbonyl (C=O) groups excluding carboxylic acids is 1. The highest BCUT2D eigenvalue weighted by Crippen LogP contribution is 2.26. The van der Waals surface area contributed by atoms with Gasteiger partial charge < -0.3 is 0 Å².